The number of ether oxygens (including phenoxy) is 1. The molecule has 0 radical (unpaired) electrons. The van der Waals surface area contributed by atoms with Crippen molar-refractivity contribution in [2.24, 2.45) is 0 Å². The molecule has 0 aliphatic carbocycles. The molecule has 2 nitrogen and oxygen atoms in total. The summed E-state index contributed by atoms with van der Waals surface area (Å²) in [7, 11) is 0. The minimum Gasteiger partial charge on any atom is -0.425 e. The standard InChI is InChI=1S/C14H14O2S/c1-3-5-14(15)16-12-9-17-13-8-10(4-2)6-7-11(12)13/h4,6-9H,2-3,5H2,1H3. The number of carbonyl (C=O) groups excluding carboxylic acids is 1. The van der Waals surface area contributed by atoms with Crippen LogP contribution in [0.3, 0.4) is 0 Å². The molecular formula is C14H14O2S. The molecule has 0 aliphatic heterocycles. The third-order valence-corrected chi connectivity index (χ3v) is 3.40. The van der Waals surface area contributed by atoms with Crippen molar-refractivity contribution in [3.8, 4) is 5.75 Å². The summed E-state index contributed by atoms with van der Waals surface area (Å²) in [5.74, 6) is 0.499. The fraction of sp³-hybridized carbons (Fsp3) is 0.214. The van der Waals surface area contributed by atoms with Crippen LogP contribution in [-0.2, 0) is 4.79 Å². The molecule has 0 amide bonds. The SMILES string of the molecule is C=Cc1ccc2c(OC(=O)CCC)csc2c1. The Morgan fingerprint density at radius 2 is 2.35 bits per heavy atom. The van der Waals surface area contributed by atoms with E-state index < -0.39 is 0 Å². The highest BCUT2D eigenvalue weighted by atomic mass is 32.1. The van der Waals surface area contributed by atoms with Crippen LogP contribution in [0.1, 0.15) is 25.3 Å². The van der Waals surface area contributed by atoms with Crippen LogP contribution in [0.5, 0.6) is 5.75 Å². The van der Waals surface area contributed by atoms with E-state index in [2.05, 4.69) is 6.58 Å². The highest BCUT2D eigenvalue weighted by molar-refractivity contribution is 7.17. The van der Waals surface area contributed by atoms with Crippen LogP contribution in [0.4, 0.5) is 0 Å². The first-order valence-electron chi connectivity index (χ1n) is 5.59. The van der Waals surface area contributed by atoms with Crippen molar-refractivity contribution in [3.63, 3.8) is 0 Å². The van der Waals surface area contributed by atoms with Crippen LogP contribution < -0.4 is 4.74 Å². The molecule has 88 valence electrons. The van der Waals surface area contributed by atoms with Crippen molar-refractivity contribution in [3.05, 3.63) is 35.7 Å². The lowest BCUT2D eigenvalue weighted by molar-refractivity contribution is -0.134. The maximum Gasteiger partial charge on any atom is 0.311 e. The largest absolute Gasteiger partial charge is 0.425 e. The molecule has 0 bridgehead atoms. The fourth-order valence-electron chi connectivity index (χ4n) is 1.60. The van der Waals surface area contributed by atoms with Crippen LogP contribution >= 0.6 is 11.3 Å². The van der Waals surface area contributed by atoms with Gasteiger partial charge in [0.1, 0.15) is 5.75 Å². The summed E-state index contributed by atoms with van der Waals surface area (Å²) in [6.07, 6.45) is 3.07. The average Bonchev–Trinajstić information content (AvgIpc) is 2.72. The molecule has 17 heavy (non-hydrogen) atoms. The summed E-state index contributed by atoms with van der Waals surface area (Å²) in [5.41, 5.74) is 1.07. The normalized spacial score (nSPS) is 10.4. The molecule has 2 aromatic rings. The van der Waals surface area contributed by atoms with Gasteiger partial charge in [0, 0.05) is 21.9 Å². The maximum atomic E-state index is 11.4. The molecule has 3 heteroatoms. The van der Waals surface area contributed by atoms with Crippen LogP contribution in [-0.4, -0.2) is 5.97 Å². The molecule has 0 atom stereocenters. The Bertz CT molecular complexity index is 554. The third kappa shape index (κ3) is 2.56. The van der Waals surface area contributed by atoms with E-state index in [1.165, 1.54) is 0 Å². The summed E-state index contributed by atoms with van der Waals surface area (Å²) >= 11 is 1.58. The molecule has 1 heterocycles. The Morgan fingerprint density at radius 1 is 1.53 bits per heavy atom. The van der Waals surface area contributed by atoms with Crippen LogP contribution in [0.2, 0.25) is 0 Å². The number of hydrogen-bond donors (Lipinski definition) is 0. The van der Waals surface area contributed by atoms with Gasteiger partial charge in [0.05, 0.1) is 0 Å². The van der Waals surface area contributed by atoms with Gasteiger partial charge in [-0.3, -0.25) is 4.79 Å². The number of rotatable bonds is 4. The van der Waals surface area contributed by atoms with E-state index in [0.717, 1.165) is 22.1 Å². The van der Waals surface area contributed by atoms with E-state index in [4.69, 9.17) is 4.74 Å². The third-order valence-electron chi connectivity index (χ3n) is 2.48. The van der Waals surface area contributed by atoms with Crippen molar-refractivity contribution in [1.29, 1.82) is 0 Å². The average molecular weight is 246 g/mol. The number of esters is 1. The van der Waals surface area contributed by atoms with Crippen LogP contribution in [0.15, 0.2) is 30.2 Å². The van der Waals surface area contributed by atoms with Gasteiger partial charge in [-0.25, -0.2) is 0 Å². The number of benzene rings is 1. The quantitative estimate of drug-likeness (QED) is 0.754. The van der Waals surface area contributed by atoms with Crippen molar-refractivity contribution in [2.75, 3.05) is 0 Å². The minimum atomic E-state index is -0.167. The highest BCUT2D eigenvalue weighted by Gasteiger charge is 2.09. The van der Waals surface area contributed by atoms with Gasteiger partial charge in [0.2, 0.25) is 0 Å². The van der Waals surface area contributed by atoms with Crippen molar-refractivity contribution in [1.82, 2.24) is 0 Å². The van der Waals surface area contributed by atoms with Gasteiger partial charge in [0.15, 0.2) is 0 Å². The number of thiophene rings is 1. The van der Waals surface area contributed by atoms with Crippen molar-refractivity contribution < 1.29 is 9.53 Å². The Kier molecular flexibility index (Phi) is 3.59. The number of hydrogen-bond acceptors (Lipinski definition) is 3. The van der Waals surface area contributed by atoms with Crippen LogP contribution in [0.25, 0.3) is 16.2 Å². The molecule has 0 unspecified atom stereocenters. The summed E-state index contributed by atoms with van der Waals surface area (Å²) in [6, 6.07) is 5.99. The molecule has 1 aromatic carbocycles. The second kappa shape index (κ2) is 5.15. The zero-order chi connectivity index (χ0) is 12.3. The lowest BCUT2D eigenvalue weighted by Gasteiger charge is -2.01. The molecule has 0 fully saturated rings. The predicted octanol–water partition coefficient (Wildman–Crippen LogP) is 4.25. The van der Waals surface area contributed by atoms with Gasteiger partial charge in [-0.1, -0.05) is 25.6 Å². The van der Waals surface area contributed by atoms with Gasteiger partial charge < -0.3 is 4.74 Å². The molecular weight excluding hydrogens is 232 g/mol. The Balaban J connectivity index is 2.30. The second-order valence-electron chi connectivity index (χ2n) is 3.78. The summed E-state index contributed by atoms with van der Waals surface area (Å²) in [4.78, 5) is 11.4. The van der Waals surface area contributed by atoms with E-state index in [9.17, 15) is 4.79 Å². The molecule has 0 aliphatic rings. The number of carbonyl (C=O) groups is 1. The van der Waals surface area contributed by atoms with Gasteiger partial charge in [0.25, 0.3) is 0 Å². The zero-order valence-corrected chi connectivity index (χ0v) is 10.5. The van der Waals surface area contributed by atoms with Crippen LogP contribution in [0, 0.1) is 0 Å². The number of fused-ring (bicyclic) bond motifs is 1. The Hall–Kier alpha value is -1.61. The monoisotopic (exact) mass is 246 g/mol. The first kappa shape index (κ1) is 11.9. The fourth-order valence-corrected chi connectivity index (χ4v) is 2.51. The second-order valence-corrected chi connectivity index (χ2v) is 4.69. The van der Waals surface area contributed by atoms with E-state index in [-0.39, 0.29) is 5.97 Å². The van der Waals surface area contributed by atoms with Gasteiger partial charge in [-0.05, 0) is 24.1 Å². The van der Waals surface area contributed by atoms with Gasteiger partial charge in [-0.15, -0.1) is 11.3 Å². The van der Waals surface area contributed by atoms with E-state index in [1.54, 1.807) is 11.3 Å². The molecule has 2 rings (SSSR count). The van der Waals surface area contributed by atoms with E-state index >= 15 is 0 Å². The first-order valence-corrected chi connectivity index (χ1v) is 6.47. The summed E-state index contributed by atoms with van der Waals surface area (Å²) in [5, 5.41) is 2.87. The maximum absolute atomic E-state index is 11.4. The van der Waals surface area contributed by atoms with Crippen molar-refractivity contribution in [2.45, 2.75) is 19.8 Å². The van der Waals surface area contributed by atoms with Gasteiger partial charge in [-0.2, -0.15) is 0 Å². The predicted molar refractivity (Wildman–Crippen MR) is 72.5 cm³/mol. The smallest absolute Gasteiger partial charge is 0.311 e. The summed E-state index contributed by atoms with van der Waals surface area (Å²) in [6.45, 7) is 5.70. The highest BCUT2D eigenvalue weighted by Crippen LogP contribution is 2.33. The van der Waals surface area contributed by atoms with E-state index in [1.807, 2.05) is 36.6 Å². The minimum absolute atomic E-state index is 0.167. The topological polar surface area (TPSA) is 26.3 Å². The van der Waals surface area contributed by atoms with E-state index in [0.29, 0.717) is 12.2 Å². The molecule has 0 N–H and O–H groups in total. The first-order chi connectivity index (χ1) is 8.24. The van der Waals surface area contributed by atoms with Gasteiger partial charge >= 0.3 is 5.97 Å². The molecule has 0 saturated carbocycles. The van der Waals surface area contributed by atoms with Crippen molar-refractivity contribution >= 4 is 33.5 Å². The summed E-state index contributed by atoms with van der Waals surface area (Å²) < 4.78 is 6.44. The lowest BCUT2D eigenvalue weighted by Crippen LogP contribution is -2.06. The molecule has 0 saturated heterocycles. The molecule has 1 aromatic heterocycles. The Labute approximate surface area is 105 Å². The lowest BCUT2D eigenvalue weighted by atomic mass is 10.2. The Morgan fingerprint density at radius 3 is 3.06 bits per heavy atom. The molecule has 0 spiro atoms. The zero-order valence-electron chi connectivity index (χ0n) is 9.73.